The first kappa shape index (κ1) is 15.5. The number of carbonyl (C=O) groups is 2. The molecule has 0 bridgehead atoms. The average Bonchev–Trinajstić information content (AvgIpc) is 2.90. The number of hydrogen-bond acceptors (Lipinski definition) is 2. The van der Waals surface area contributed by atoms with Crippen LogP contribution in [-0.4, -0.2) is 36.3 Å². The fourth-order valence-electron chi connectivity index (χ4n) is 2.80. The SMILES string of the molecule is CCCCN(CC)C(=O)c1ccc2c(c1)CCN2C(C)=O. The zero-order chi connectivity index (χ0) is 15.4. The fourth-order valence-corrected chi connectivity index (χ4v) is 2.80. The van der Waals surface area contributed by atoms with Gasteiger partial charge in [-0.15, -0.1) is 0 Å². The van der Waals surface area contributed by atoms with Gasteiger partial charge in [-0.2, -0.15) is 0 Å². The van der Waals surface area contributed by atoms with Crippen molar-refractivity contribution in [1.82, 2.24) is 4.90 Å². The summed E-state index contributed by atoms with van der Waals surface area (Å²) in [5.74, 6) is 0.154. The van der Waals surface area contributed by atoms with Crippen molar-refractivity contribution >= 4 is 17.5 Å². The Balaban J connectivity index is 2.19. The lowest BCUT2D eigenvalue weighted by Gasteiger charge is -2.21. The molecule has 0 saturated carbocycles. The van der Waals surface area contributed by atoms with Crippen LogP contribution < -0.4 is 4.90 Å². The highest BCUT2D eigenvalue weighted by Crippen LogP contribution is 2.29. The van der Waals surface area contributed by atoms with Gasteiger partial charge in [0, 0.05) is 37.8 Å². The lowest BCUT2D eigenvalue weighted by atomic mass is 10.1. The first-order valence-corrected chi connectivity index (χ1v) is 7.78. The van der Waals surface area contributed by atoms with Gasteiger partial charge in [0.05, 0.1) is 0 Å². The molecule has 0 aliphatic carbocycles. The van der Waals surface area contributed by atoms with E-state index in [0.29, 0.717) is 0 Å². The summed E-state index contributed by atoms with van der Waals surface area (Å²) < 4.78 is 0. The zero-order valence-corrected chi connectivity index (χ0v) is 13.2. The highest BCUT2D eigenvalue weighted by Gasteiger charge is 2.24. The summed E-state index contributed by atoms with van der Waals surface area (Å²) in [6.07, 6.45) is 2.95. The second-order valence-corrected chi connectivity index (χ2v) is 5.50. The molecule has 21 heavy (non-hydrogen) atoms. The van der Waals surface area contributed by atoms with E-state index in [4.69, 9.17) is 0 Å². The van der Waals surface area contributed by atoms with Crippen LogP contribution in [0.25, 0.3) is 0 Å². The summed E-state index contributed by atoms with van der Waals surface area (Å²) in [6, 6.07) is 5.71. The minimum absolute atomic E-state index is 0.0611. The van der Waals surface area contributed by atoms with Crippen LogP contribution in [0.15, 0.2) is 18.2 Å². The third kappa shape index (κ3) is 3.26. The van der Waals surface area contributed by atoms with Crippen LogP contribution in [-0.2, 0) is 11.2 Å². The molecular weight excluding hydrogens is 264 g/mol. The number of rotatable bonds is 5. The van der Waals surface area contributed by atoms with Crippen LogP contribution >= 0.6 is 0 Å². The summed E-state index contributed by atoms with van der Waals surface area (Å²) in [5.41, 5.74) is 2.79. The third-order valence-corrected chi connectivity index (χ3v) is 4.05. The van der Waals surface area contributed by atoms with Gasteiger partial charge in [-0.25, -0.2) is 0 Å². The van der Waals surface area contributed by atoms with E-state index < -0.39 is 0 Å². The molecule has 1 aliphatic heterocycles. The van der Waals surface area contributed by atoms with E-state index in [9.17, 15) is 9.59 Å². The van der Waals surface area contributed by atoms with E-state index in [1.807, 2.05) is 30.0 Å². The number of nitrogens with zero attached hydrogens (tertiary/aromatic N) is 2. The van der Waals surface area contributed by atoms with E-state index in [-0.39, 0.29) is 11.8 Å². The second kappa shape index (κ2) is 6.74. The van der Waals surface area contributed by atoms with Gasteiger partial charge in [-0.05, 0) is 43.5 Å². The lowest BCUT2D eigenvalue weighted by molar-refractivity contribution is -0.116. The lowest BCUT2D eigenvalue weighted by Crippen LogP contribution is -2.31. The summed E-state index contributed by atoms with van der Waals surface area (Å²) in [6.45, 7) is 7.98. The van der Waals surface area contributed by atoms with Crippen molar-refractivity contribution in [1.29, 1.82) is 0 Å². The average molecular weight is 288 g/mol. The smallest absolute Gasteiger partial charge is 0.253 e. The molecule has 2 amide bonds. The number of hydrogen-bond donors (Lipinski definition) is 0. The molecule has 0 aromatic heterocycles. The zero-order valence-electron chi connectivity index (χ0n) is 13.2. The van der Waals surface area contributed by atoms with E-state index in [1.54, 1.807) is 11.8 Å². The molecule has 0 N–H and O–H groups in total. The standard InChI is InChI=1S/C17H24N2O2/c1-4-6-10-18(5-2)17(21)15-7-8-16-14(12-15)9-11-19(16)13(3)20/h7-8,12H,4-6,9-11H2,1-3H3. The molecule has 0 spiro atoms. The maximum absolute atomic E-state index is 12.5. The fraction of sp³-hybridized carbons (Fsp3) is 0.529. The summed E-state index contributed by atoms with van der Waals surface area (Å²) in [4.78, 5) is 27.8. The van der Waals surface area contributed by atoms with Crippen LogP contribution in [0.2, 0.25) is 0 Å². The van der Waals surface area contributed by atoms with Crippen molar-refractivity contribution in [2.75, 3.05) is 24.5 Å². The van der Waals surface area contributed by atoms with Gasteiger partial charge in [-0.3, -0.25) is 9.59 Å². The minimum Gasteiger partial charge on any atom is -0.339 e. The molecule has 2 rings (SSSR count). The molecule has 1 heterocycles. The Morgan fingerprint density at radius 3 is 2.67 bits per heavy atom. The maximum atomic E-state index is 12.5. The molecule has 0 saturated heterocycles. The van der Waals surface area contributed by atoms with Crippen molar-refractivity contribution in [2.45, 2.75) is 40.0 Å². The highest BCUT2D eigenvalue weighted by molar-refractivity contribution is 5.97. The number of carbonyl (C=O) groups excluding carboxylic acids is 2. The molecule has 4 heteroatoms. The van der Waals surface area contributed by atoms with Crippen molar-refractivity contribution in [3.8, 4) is 0 Å². The van der Waals surface area contributed by atoms with Gasteiger partial charge >= 0.3 is 0 Å². The Labute approximate surface area is 126 Å². The maximum Gasteiger partial charge on any atom is 0.253 e. The predicted octanol–water partition coefficient (Wildman–Crippen LogP) is 2.86. The van der Waals surface area contributed by atoms with Crippen LogP contribution in [0.4, 0.5) is 5.69 Å². The van der Waals surface area contributed by atoms with Gasteiger partial charge in [-0.1, -0.05) is 13.3 Å². The van der Waals surface area contributed by atoms with Crippen LogP contribution in [0.3, 0.4) is 0 Å². The highest BCUT2D eigenvalue weighted by atomic mass is 16.2. The van der Waals surface area contributed by atoms with Gasteiger partial charge in [0.25, 0.3) is 5.91 Å². The summed E-state index contributed by atoms with van der Waals surface area (Å²) >= 11 is 0. The van der Waals surface area contributed by atoms with Gasteiger partial charge in [0.2, 0.25) is 5.91 Å². The number of anilines is 1. The third-order valence-electron chi connectivity index (χ3n) is 4.05. The van der Waals surface area contributed by atoms with Crippen molar-refractivity contribution in [3.05, 3.63) is 29.3 Å². The molecule has 0 unspecified atom stereocenters. The van der Waals surface area contributed by atoms with E-state index in [1.165, 1.54) is 0 Å². The van der Waals surface area contributed by atoms with Crippen LogP contribution in [0.5, 0.6) is 0 Å². The molecule has 1 aliphatic rings. The molecule has 0 atom stereocenters. The Morgan fingerprint density at radius 2 is 2.05 bits per heavy atom. The quantitative estimate of drug-likeness (QED) is 0.836. The largest absolute Gasteiger partial charge is 0.339 e. The van der Waals surface area contributed by atoms with E-state index >= 15 is 0 Å². The number of fused-ring (bicyclic) bond motifs is 1. The van der Waals surface area contributed by atoms with E-state index in [2.05, 4.69) is 6.92 Å². The Bertz CT molecular complexity index is 540. The predicted molar refractivity (Wildman–Crippen MR) is 84.7 cm³/mol. The topological polar surface area (TPSA) is 40.6 Å². The molecule has 114 valence electrons. The number of unbranched alkanes of at least 4 members (excludes halogenated alkanes) is 1. The Hall–Kier alpha value is -1.84. The molecule has 4 nitrogen and oxygen atoms in total. The van der Waals surface area contributed by atoms with Gasteiger partial charge in [0.15, 0.2) is 0 Å². The van der Waals surface area contributed by atoms with Crippen LogP contribution in [0.1, 0.15) is 49.5 Å². The van der Waals surface area contributed by atoms with Gasteiger partial charge < -0.3 is 9.80 Å². The van der Waals surface area contributed by atoms with Crippen LogP contribution in [0, 0.1) is 0 Å². The molecule has 0 radical (unpaired) electrons. The monoisotopic (exact) mass is 288 g/mol. The first-order valence-electron chi connectivity index (χ1n) is 7.78. The molecular formula is C17H24N2O2. The molecule has 0 fully saturated rings. The minimum atomic E-state index is 0.0611. The number of benzene rings is 1. The van der Waals surface area contributed by atoms with Gasteiger partial charge in [0.1, 0.15) is 0 Å². The van der Waals surface area contributed by atoms with Crippen molar-refractivity contribution < 1.29 is 9.59 Å². The van der Waals surface area contributed by atoms with Crippen molar-refractivity contribution in [2.24, 2.45) is 0 Å². The first-order chi connectivity index (χ1) is 10.1. The molecule has 1 aromatic carbocycles. The second-order valence-electron chi connectivity index (χ2n) is 5.50. The summed E-state index contributed by atoms with van der Waals surface area (Å²) in [5, 5.41) is 0. The van der Waals surface area contributed by atoms with Crippen molar-refractivity contribution in [3.63, 3.8) is 0 Å². The molecule has 1 aromatic rings. The summed E-state index contributed by atoms with van der Waals surface area (Å²) in [7, 11) is 0. The van der Waals surface area contributed by atoms with E-state index in [0.717, 1.165) is 55.7 Å². The Kier molecular flexibility index (Phi) is 4.99. The Morgan fingerprint density at radius 1 is 1.29 bits per heavy atom. The number of amides is 2. The normalized spacial score (nSPS) is 13.2.